The molecule has 0 bridgehead atoms. The molecule has 0 aliphatic rings. The van der Waals surface area contributed by atoms with Crippen LogP contribution in [0.5, 0.6) is 0 Å². The Morgan fingerprint density at radius 2 is 1.81 bits per heavy atom. The molecule has 1 heterocycles. The van der Waals surface area contributed by atoms with Gasteiger partial charge in [-0.3, -0.25) is 0 Å². The van der Waals surface area contributed by atoms with Gasteiger partial charge in [-0.15, -0.1) is 0 Å². The molecule has 2 nitrogen and oxygen atoms in total. The minimum Gasteiger partial charge on any atom is -0.422 e. The van der Waals surface area contributed by atoms with Crippen molar-refractivity contribution in [1.82, 2.24) is 0 Å². The van der Waals surface area contributed by atoms with Crippen molar-refractivity contribution in [1.29, 1.82) is 0 Å². The predicted octanol–water partition coefficient (Wildman–Crippen LogP) is 5.38. The fourth-order valence-corrected chi connectivity index (χ4v) is 2.80. The second-order valence-electron chi connectivity index (χ2n) is 5.00. The quantitative estimate of drug-likeness (QED) is 0.563. The van der Waals surface area contributed by atoms with Crippen LogP contribution in [-0.4, -0.2) is 0 Å². The average molecular weight is 319 g/mol. The highest BCUT2D eigenvalue weighted by Gasteiger charge is 2.14. The van der Waals surface area contributed by atoms with E-state index in [-0.39, 0.29) is 5.63 Å². The molecule has 0 amide bonds. The molecular formula is C17H12Cl2O2. The Labute approximate surface area is 131 Å². The van der Waals surface area contributed by atoms with E-state index < -0.39 is 0 Å². The molecule has 1 aromatic heterocycles. The molecule has 0 aliphatic heterocycles. The molecule has 0 saturated carbocycles. The number of hydrogen-bond donors (Lipinski definition) is 0. The van der Waals surface area contributed by atoms with Gasteiger partial charge in [-0.1, -0.05) is 35.3 Å². The summed E-state index contributed by atoms with van der Waals surface area (Å²) in [4.78, 5) is 12.3. The Hall–Kier alpha value is -1.77. The van der Waals surface area contributed by atoms with Gasteiger partial charge in [0, 0.05) is 15.4 Å². The Balaban J connectivity index is 2.39. The third-order valence-corrected chi connectivity index (χ3v) is 4.20. The largest absolute Gasteiger partial charge is 0.422 e. The first kappa shape index (κ1) is 14.2. The lowest BCUT2D eigenvalue weighted by Gasteiger charge is -2.09. The highest BCUT2D eigenvalue weighted by atomic mass is 35.5. The van der Waals surface area contributed by atoms with Crippen molar-refractivity contribution >= 4 is 34.2 Å². The standard InChI is InChI=1S/C17H12Cl2O2/c1-9-6-15-13(8-14(9)19)10(2)16(17(20)21-15)11-4-3-5-12(18)7-11/h3-8H,1-2H3. The van der Waals surface area contributed by atoms with E-state index in [1.807, 2.05) is 32.0 Å². The topological polar surface area (TPSA) is 30.2 Å². The Morgan fingerprint density at radius 1 is 1.05 bits per heavy atom. The molecular weight excluding hydrogens is 307 g/mol. The number of halogens is 2. The first-order valence-electron chi connectivity index (χ1n) is 6.47. The number of rotatable bonds is 1. The lowest BCUT2D eigenvalue weighted by Crippen LogP contribution is -2.06. The van der Waals surface area contributed by atoms with Crippen molar-refractivity contribution in [2.45, 2.75) is 13.8 Å². The summed E-state index contributed by atoms with van der Waals surface area (Å²) < 4.78 is 5.45. The monoisotopic (exact) mass is 318 g/mol. The van der Waals surface area contributed by atoms with Crippen LogP contribution in [0.15, 0.2) is 45.6 Å². The van der Waals surface area contributed by atoms with E-state index in [0.29, 0.717) is 21.2 Å². The molecule has 0 N–H and O–H groups in total. The average Bonchev–Trinajstić information content (AvgIpc) is 2.41. The van der Waals surface area contributed by atoms with Gasteiger partial charge >= 0.3 is 5.63 Å². The summed E-state index contributed by atoms with van der Waals surface area (Å²) in [7, 11) is 0. The smallest absolute Gasteiger partial charge is 0.344 e. The van der Waals surface area contributed by atoms with Crippen molar-refractivity contribution in [3.63, 3.8) is 0 Å². The maximum atomic E-state index is 12.3. The lowest BCUT2D eigenvalue weighted by atomic mass is 9.99. The molecule has 4 heteroatoms. The molecule has 0 fully saturated rings. The zero-order valence-corrected chi connectivity index (χ0v) is 13.0. The molecule has 3 aromatic rings. The highest BCUT2D eigenvalue weighted by molar-refractivity contribution is 6.32. The summed E-state index contributed by atoms with van der Waals surface area (Å²) in [5.41, 5.74) is 3.15. The van der Waals surface area contributed by atoms with E-state index in [1.165, 1.54) is 0 Å². The van der Waals surface area contributed by atoms with Crippen LogP contribution in [0, 0.1) is 13.8 Å². The third kappa shape index (κ3) is 2.45. The molecule has 0 unspecified atom stereocenters. The van der Waals surface area contributed by atoms with E-state index in [0.717, 1.165) is 22.1 Å². The SMILES string of the molecule is Cc1cc2oc(=O)c(-c3cccc(Cl)c3)c(C)c2cc1Cl. The molecule has 2 aromatic carbocycles. The van der Waals surface area contributed by atoms with Gasteiger partial charge in [0.25, 0.3) is 0 Å². The Kier molecular flexibility index (Phi) is 3.52. The van der Waals surface area contributed by atoms with Gasteiger partial charge in [-0.25, -0.2) is 4.79 Å². The maximum absolute atomic E-state index is 12.3. The van der Waals surface area contributed by atoms with Crippen LogP contribution in [-0.2, 0) is 0 Å². The second-order valence-corrected chi connectivity index (χ2v) is 5.84. The fourth-order valence-electron chi connectivity index (χ4n) is 2.45. The van der Waals surface area contributed by atoms with Crippen molar-refractivity contribution in [3.05, 3.63) is 68.0 Å². The van der Waals surface area contributed by atoms with Crippen molar-refractivity contribution in [2.75, 3.05) is 0 Å². The van der Waals surface area contributed by atoms with Crippen LogP contribution >= 0.6 is 23.2 Å². The van der Waals surface area contributed by atoms with Crippen LogP contribution in [0.25, 0.3) is 22.1 Å². The van der Waals surface area contributed by atoms with Crippen molar-refractivity contribution in [3.8, 4) is 11.1 Å². The summed E-state index contributed by atoms with van der Waals surface area (Å²) in [6.07, 6.45) is 0. The molecule has 0 radical (unpaired) electrons. The molecule has 21 heavy (non-hydrogen) atoms. The van der Waals surface area contributed by atoms with Gasteiger partial charge in [-0.05, 0) is 54.8 Å². The fraction of sp³-hybridized carbons (Fsp3) is 0.118. The molecule has 0 spiro atoms. The number of benzene rings is 2. The van der Waals surface area contributed by atoms with E-state index in [9.17, 15) is 4.79 Å². The van der Waals surface area contributed by atoms with Gasteiger partial charge in [0.05, 0.1) is 5.56 Å². The van der Waals surface area contributed by atoms with Gasteiger partial charge in [-0.2, -0.15) is 0 Å². The number of aryl methyl sites for hydroxylation is 2. The van der Waals surface area contributed by atoms with E-state index >= 15 is 0 Å². The first-order valence-corrected chi connectivity index (χ1v) is 7.22. The normalized spacial score (nSPS) is 11.0. The molecule has 0 atom stereocenters. The van der Waals surface area contributed by atoms with Gasteiger partial charge < -0.3 is 4.42 Å². The number of fused-ring (bicyclic) bond motifs is 1. The van der Waals surface area contributed by atoms with Crippen LogP contribution in [0.3, 0.4) is 0 Å². The van der Waals surface area contributed by atoms with Crippen molar-refractivity contribution in [2.24, 2.45) is 0 Å². The van der Waals surface area contributed by atoms with Crippen LogP contribution in [0.1, 0.15) is 11.1 Å². The van der Waals surface area contributed by atoms with Gasteiger partial charge in [0.15, 0.2) is 0 Å². The second kappa shape index (κ2) is 5.21. The van der Waals surface area contributed by atoms with Gasteiger partial charge in [0.1, 0.15) is 5.58 Å². The Morgan fingerprint density at radius 3 is 2.52 bits per heavy atom. The molecule has 0 saturated heterocycles. The zero-order chi connectivity index (χ0) is 15.1. The maximum Gasteiger partial charge on any atom is 0.344 e. The van der Waals surface area contributed by atoms with Crippen molar-refractivity contribution < 1.29 is 4.42 Å². The molecule has 106 valence electrons. The summed E-state index contributed by atoms with van der Waals surface area (Å²) >= 11 is 12.2. The van der Waals surface area contributed by atoms with Crippen LogP contribution in [0.4, 0.5) is 0 Å². The molecule has 3 rings (SSSR count). The minimum atomic E-state index is -0.371. The van der Waals surface area contributed by atoms with E-state index in [2.05, 4.69) is 0 Å². The van der Waals surface area contributed by atoms with Crippen LogP contribution < -0.4 is 5.63 Å². The Bertz CT molecular complexity index is 911. The molecule has 0 aliphatic carbocycles. The summed E-state index contributed by atoms with van der Waals surface area (Å²) in [5.74, 6) is 0. The predicted molar refractivity (Wildman–Crippen MR) is 87.4 cm³/mol. The summed E-state index contributed by atoms with van der Waals surface area (Å²) in [5, 5.41) is 2.06. The third-order valence-electron chi connectivity index (χ3n) is 3.56. The lowest BCUT2D eigenvalue weighted by molar-refractivity contribution is 0.562. The van der Waals surface area contributed by atoms with E-state index in [1.54, 1.807) is 18.2 Å². The van der Waals surface area contributed by atoms with Gasteiger partial charge in [0.2, 0.25) is 0 Å². The van der Waals surface area contributed by atoms with Crippen LogP contribution in [0.2, 0.25) is 10.0 Å². The summed E-state index contributed by atoms with van der Waals surface area (Å²) in [6.45, 7) is 3.77. The zero-order valence-electron chi connectivity index (χ0n) is 11.5. The number of hydrogen-bond acceptors (Lipinski definition) is 2. The highest BCUT2D eigenvalue weighted by Crippen LogP contribution is 2.31. The summed E-state index contributed by atoms with van der Waals surface area (Å²) in [6, 6.07) is 10.8. The first-order chi connectivity index (χ1) is 9.97. The van der Waals surface area contributed by atoms with E-state index in [4.69, 9.17) is 27.6 Å². The minimum absolute atomic E-state index is 0.371.